The highest BCUT2D eigenvalue weighted by atomic mass is 19.4. The largest absolute Gasteiger partial charge is 0.433 e. The summed E-state index contributed by atoms with van der Waals surface area (Å²) in [5.74, 6) is -1.71. The van der Waals surface area contributed by atoms with E-state index >= 15 is 0 Å². The molecule has 4 N–H and O–H groups in total. The lowest BCUT2D eigenvalue weighted by atomic mass is 10.1. The number of carbonyl (C=O) groups is 1. The Balaban J connectivity index is 1.80. The Kier molecular flexibility index (Phi) is 5.30. The van der Waals surface area contributed by atoms with E-state index < -0.39 is 17.7 Å². The van der Waals surface area contributed by atoms with Crippen LogP contribution in [-0.2, 0) is 23.4 Å². The van der Waals surface area contributed by atoms with E-state index in [4.69, 9.17) is 0 Å². The van der Waals surface area contributed by atoms with Crippen molar-refractivity contribution in [2.24, 2.45) is 4.99 Å². The summed E-state index contributed by atoms with van der Waals surface area (Å²) >= 11 is 0. The first kappa shape index (κ1) is 21.3. The van der Waals surface area contributed by atoms with Crippen LogP contribution in [0.5, 0.6) is 0 Å². The molecule has 1 amide bonds. The Morgan fingerprint density at radius 1 is 1.28 bits per heavy atom. The molecule has 9 nitrogen and oxygen atoms in total. The van der Waals surface area contributed by atoms with Gasteiger partial charge in [-0.05, 0) is 24.3 Å². The Bertz CT molecular complexity index is 1190. The first-order valence-corrected chi connectivity index (χ1v) is 9.41. The topological polar surface area (TPSA) is 116 Å². The lowest BCUT2D eigenvalue weighted by molar-refractivity contribution is -0.141. The SMILES string of the molecule is CC(=O)Nc1cc(NC2(c3cccc(C(F)(F)F)n3)N=Cc3c(CO)ccn3N2)ccn1. The number of nitrogens with one attached hydrogen (secondary N) is 3. The molecule has 4 heterocycles. The third-order valence-electron chi connectivity index (χ3n) is 4.65. The summed E-state index contributed by atoms with van der Waals surface area (Å²) in [5, 5.41) is 15.1. The van der Waals surface area contributed by atoms with Crippen LogP contribution in [0.2, 0.25) is 0 Å². The number of pyridine rings is 2. The number of fused-ring (bicyclic) bond motifs is 1. The molecular weight excluding hydrogens is 427 g/mol. The molecule has 3 aromatic rings. The Hall–Kier alpha value is -3.93. The summed E-state index contributed by atoms with van der Waals surface area (Å²) in [6, 6.07) is 8.26. The van der Waals surface area contributed by atoms with Crippen LogP contribution in [0.15, 0.2) is 53.8 Å². The monoisotopic (exact) mass is 445 g/mol. The molecule has 0 aromatic carbocycles. The van der Waals surface area contributed by atoms with Crippen molar-refractivity contribution in [1.29, 1.82) is 0 Å². The smallest absolute Gasteiger partial charge is 0.392 e. The molecule has 1 unspecified atom stereocenters. The van der Waals surface area contributed by atoms with Gasteiger partial charge in [-0.3, -0.25) is 14.9 Å². The van der Waals surface area contributed by atoms with Crippen LogP contribution < -0.4 is 16.1 Å². The summed E-state index contributed by atoms with van der Waals surface area (Å²) in [5.41, 5.74) is 3.45. The minimum atomic E-state index is -4.65. The van der Waals surface area contributed by atoms with Gasteiger partial charge in [0.15, 0.2) is 0 Å². The number of hydrogen-bond donors (Lipinski definition) is 4. The second kappa shape index (κ2) is 7.96. The average molecular weight is 445 g/mol. The fourth-order valence-electron chi connectivity index (χ4n) is 3.23. The molecule has 32 heavy (non-hydrogen) atoms. The van der Waals surface area contributed by atoms with Crippen molar-refractivity contribution >= 4 is 23.6 Å². The maximum atomic E-state index is 13.3. The molecular formula is C20H18F3N7O2. The van der Waals surface area contributed by atoms with Crippen LogP contribution in [0.1, 0.15) is 29.6 Å². The lowest BCUT2D eigenvalue weighted by Gasteiger charge is -2.36. The zero-order valence-electron chi connectivity index (χ0n) is 16.7. The van der Waals surface area contributed by atoms with Gasteiger partial charge in [-0.15, -0.1) is 0 Å². The second-order valence-electron chi connectivity index (χ2n) is 6.98. The van der Waals surface area contributed by atoms with Gasteiger partial charge in [0, 0.05) is 36.6 Å². The highest BCUT2D eigenvalue weighted by molar-refractivity contribution is 5.88. The van der Waals surface area contributed by atoms with E-state index in [-0.39, 0.29) is 24.0 Å². The standard InChI is InChI=1S/C20H18F3N7O2/c1-12(32)26-18-9-14(5-7-24-18)28-20(17-4-2-3-16(27-17)19(21,22)23)25-10-15-13(11-31)6-8-30(15)29-20/h2-10,29,31H,11H2,1H3,(H2,24,26,28,32). The zero-order valence-corrected chi connectivity index (χ0v) is 16.7. The van der Waals surface area contributed by atoms with Crippen molar-refractivity contribution in [3.63, 3.8) is 0 Å². The first-order chi connectivity index (χ1) is 15.2. The maximum Gasteiger partial charge on any atom is 0.433 e. The molecule has 1 aliphatic rings. The average Bonchev–Trinajstić information content (AvgIpc) is 3.15. The van der Waals surface area contributed by atoms with E-state index in [0.717, 1.165) is 6.07 Å². The lowest BCUT2D eigenvalue weighted by Crippen LogP contribution is -2.49. The van der Waals surface area contributed by atoms with Crippen molar-refractivity contribution in [1.82, 2.24) is 14.6 Å². The van der Waals surface area contributed by atoms with E-state index in [1.54, 1.807) is 18.3 Å². The fourth-order valence-corrected chi connectivity index (χ4v) is 3.23. The molecule has 0 bridgehead atoms. The fraction of sp³-hybridized carbons (Fsp3) is 0.200. The molecule has 3 aromatic heterocycles. The highest BCUT2D eigenvalue weighted by Gasteiger charge is 2.39. The van der Waals surface area contributed by atoms with Gasteiger partial charge in [-0.2, -0.15) is 13.2 Å². The van der Waals surface area contributed by atoms with Crippen LogP contribution in [0, 0.1) is 0 Å². The van der Waals surface area contributed by atoms with E-state index in [2.05, 4.69) is 31.0 Å². The van der Waals surface area contributed by atoms with E-state index in [1.807, 2.05) is 0 Å². The van der Waals surface area contributed by atoms with Crippen LogP contribution in [-0.4, -0.2) is 31.9 Å². The number of aliphatic imine (C=N–C) groups is 1. The number of halogens is 3. The Labute approximate surface area is 180 Å². The number of aliphatic hydroxyl groups excluding tert-OH is 1. The second-order valence-corrected chi connectivity index (χ2v) is 6.98. The van der Waals surface area contributed by atoms with E-state index in [9.17, 15) is 23.1 Å². The van der Waals surface area contributed by atoms with Gasteiger partial charge in [-0.25, -0.2) is 15.0 Å². The molecule has 0 spiro atoms. The molecule has 0 saturated carbocycles. The minimum Gasteiger partial charge on any atom is -0.392 e. The third-order valence-corrected chi connectivity index (χ3v) is 4.65. The summed E-state index contributed by atoms with van der Waals surface area (Å²) in [6.07, 6.45) is -0.163. The van der Waals surface area contributed by atoms with Gasteiger partial charge in [0.05, 0.1) is 18.5 Å². The normalized spacial score (nSPS) is 17.4. The summed E-state index contributed by atoms with van der Waals surface area (Å²) in [7, 11) is 0. The van der Waals surface area contributed by atoms with Gasteiger partial charge in [-0.1, -0.05) is 6.07 Å². The molecule has 12 heteroatoms. The quantitative estimate of drug-likeness (QED) is 0.480. The predicted molar refractivity (Wildman–Crippen MR) is 110 cm³/mol. The molecule has 0 fully saturated rings. The summed E-state index contributed by atoms with van der Waals surface area (Å²) < 4.78 is 41.5. The van der Waals surface area contributed by atoms with Gasteiger partial charge < -0.3 is 15.7 Å². The maximum absolute atomic E-state index is 13.3. The Morgan fingerprint density at radius 2 is 2.09 bits per heavy atom. The van der Waals surface area contributed by atoms with E-state index in [0.29, 0.717) is 16.9 Å². The third kappa shape index (κ3) is 4.12. The number of aromatic nitrogens is 3. The number of anilines is 2. The number of aliphatic hydroxyl groups is 1. The number of rotatable bonds is 5. The molecule has 1 atom stereocenters. The van der Waals surface area contributed by atoms with Crippen LogP contribution in [0.4, 0.5) is 24.7 Å². The van der Waals surface area contributed by atoms with Crippen LogP contribution in [0.3, 0.4) is 0 Å². The van der Waals surface area contributed by atoms with Crippen molar-refractivity contribution in [3.8, 4) is 0 Å². The molecule has 4 rings (SSSR count). The number of nitrogens with zero attached hydrogens (tertiary/aromatic N) is 4. The van der Waals surface area contributed by atoms with Crippen LogP contribution >= 0.6 is 0 Å². The van der Waals surface area contributed by atoms with Crippen molar-refractivity contribution in [2.75, 3.05) is 16.1 Å². The number of alkyl halides is 3. The highest BCUT2D eigenvalue weighted by Crippen LogP contribution is 2.33. The molecule has 0 aliphatic carbocycles. The zero-order chi connectivity index (χ0) is 22.9. The van der Waals surface area contributed by atoms with Gasteiger partial charge >= 0.3 is 6.18 Å². The molecule has 0 saturated heterocycles. The van der Waals surface area contributed by atoms with E-state index in [1.165, 1.54) is 42.2 Å². The number of carbonyl (C=O) groups excluding carboxylic acids is 1. The summed E-state index contributed by atoms with van der Waals surface area (Å²) in [6.45, 7) is 1.10. The van der Waals surface area contributed by atoms with Crippen molar-refractivity contribution < 1.29 is 23.1 Å². The van der Waals surface area contributed by atoms with Gasteiger partial charge in [0.25, 0.3) is 5.79 Å². The predicted octanol–water partition coefficient (Wildman–Crippen LogP) is 2.65. The minimum absolute atomic E-state index is 0.0497. The van der Waals surface area contributed by atoms with Crippen LogP contribution in [0.25, 0.3) is 0 Å². The van der Waals surface area contributed by atoms with Crippen molar-refractivity contribution in [2.45, 2.75) is 25.5 Å². The van der Waals surface area contributed by atoms with Gasteiger partial charge in [0.1, 0.15) is 17.2 Å². The first-order valence-electron chi connectivity index (χ1n) is 9.41. The number of amides is 1. The van der Waals surface area contributed by atoms with Gasteiger partial charge in [0.2, 0.25) is 5.91 Å². The molecule has 166 valence electrons. The molecule has 0 radical (unpaired) electrons. The molecule has 1 aliphatic heterocycles. The number of hydrogen-bond acceptors (Lipinski definition) is 7. The Morgan fingerprint density at radius 3 is 2.81 bits per heavy atom. The van der Waals surface area contributed by atoms with Crippen molar-refractivity contribution in [3.05, 3.63) is 71.4 Å². The summed E-state index contributed by atoms with van der Waals surface area (Å²) in [4.78, 5) is 23.6.